The summed E-state index contributed by atoms with van der Waals surface area (Å²) >= 11 is 0. The second-order valence-corrected chi connectivity index (χ2v) is 5.88. The van der Waals surface area contributed by atoms with Gasteiger partial charge in [0.25, 0.3) is 0 Å². The highest BCUT2D eigenvalue weighted by atomic mass is 16.5. The van der Waals surface area contributed by atoms with Gasteiger partial charge in [0.05, 0.1) is 0 Å². The minimum atomic E-state index is 0.275. The van der Waals surface area contributed by atoms with Crippen LogP contribution >= 0.6 is 0 Å². The zero-order valence-corrected chi connectivity index (χ0v) is 11.6. The Balaban J connectivity index is 2.00. The number of ether oxygens (including phenoxy) is 1. The molecule has 2 rings (SSSR count). The molecule has 100 valence electrons. The highest BCUT2D eigenvalue weighted by Crippen LogP contribution is 2.36. The van der Waals surface area contributed by atoms with Gasteiger partial charge in [-0.15, -0.1) is 0 Å². The van der Waals surface area contributed by atoms with E-state index in [4.69, 9.17) is 10.5 Å². The maximum absolute atomic E-state index is 5.94. The lowest BCUT2D eigenvalue weighted by atomic mass is 9.76. The van der Waals surface area contributed by atoms with Crippen LogP contribution in [0.2, 0.25) is 0 Å². The Morgan fingerprint density at radius 1 is 1.33 bits per heavy atom. The van der Waals surface area contributed by atoms with E-state index in [0.717, 1.165) is 25.1 Å². The Morgan fingerprint density at radius 2 is 2.00 bits per heavy atom. The van der Waals surface area contributed by atoms with Crippen molar-refractivity contribution in [2.24, 2.45) is 5.41 Å². The summed E-state index contributed by atoms with van der Waals surface area (Å²) in [5.41, 5.74) is 6.21. The Hall–Kier alpha value is -1.32. The van der Waals surface area contributed by atoms with E-state index in [1.807, 2.05) is 6.92 Å². The summed E-state index contributed by atoms with van der Waals surface area (Å²) < 4.78 is 5.94. The number of anilines is 1. The second-order valence-electron chi connectivity index (χ2n) is 5.88. The average molecular weight is 249 g/mol. The van der Waals surface area contributed by atoms with Crippen molar-refractivity contribution in [2.45, 2.75) is 59.0 Å². The Bertz CT molecular complexity index is 408. The van der Waals surface area contributed by atoms with E-state index < -0.39 is 0 Å². The van der Waals surface area contributed by atoms with Gasteiger partial charge in [-0.05, 0) is 31.1 Å². The number of hydrogen-bond donors (Lipinski definition) is 1. The van der Waals surface area contributed by atoms with Crippen LogP contribution in [-0.2, 0) is 6.42 Å². The van der Waals surface area contributed by atoms with Gasteiger partial charge in [0.1, 0.15) is 17.7 Å². The molecule has 1 aromatic heterocycles. The standard InChI is InChI=1S/C14H23N3O/c1-4-12-16-11(15)9-13(17-12)18-10-5-7-14(2,3)8-6-10/h9-10H,4-8H2,1-3H3,(H2,15,16,17). The van der Waals surface area contributed by atoms with Crippen LogP contribution in [0.5, 0.6) is 5.88 Å². The number of nitrogens with zero attached hydrogens (tertiary/aromatic N) is 2. The maximum Gasteiger partial charge on any atom is 0.218 e. The van der Waals surface area contributed by atoms with Crippen molar-refractivity contribution in [3.8, 4) is 5.88 Å². The van der Waals surface area contributed by atoms with E-state index in [1.54, 1.807) is 6.07 Å². The highest BCUT2D eigenvalue weighted by Gasteiger charge is 2.28. The molecule has 0 bridgehead atoms. The molecular formula is C14H23N3O. The lowest BCUT2D eigenvalue weighted by Gasteiger charge is -2.34. The monoisotopic (exact) mass is 249 g/mol. The van der Waals surface area contributed by atoms with Gasteiger partial charge in [-0.1, -0.05) is 20.8 Å². The highest BCUT2D eigenvalue weighted by molar-refractivity contribution is 5.32. The molecule has 1 heterocycles. The third-order valence-electron chi connectivity index (χ3n) is 3.66. The molecule has 0 aliphatic heterocycles. The Kier molecular flexibility index (Phi) is 3.73. The molecular weight excluding hydrogens is 226 g/mol. The van der Waals surface area contributed by atoms with Crippen molar-refractivity contribution in [3.63, 3.8) is 0 Å². The topological polar surface area (TPSA) is 61.0 Å². The fourth-order valence-corrected chi connectivity index (χ4v) is 2.37. The number of nitrogen functional groups attached to an aromatic ring is 1. The molecule has 0 saturated heterocycles. The lowest BCUT2D eigenvalue weighted by Crippen LogP contribution is -2.28. The molecule has 1 aliphatic rings. The van der Waals surface area contributed by atoms with Gasteiger partial charge in [0.15, 0.2) is 0 Å². The predicted molar refractivity (Wildman–Crippen MR) is 72.5 cm³/mol. The fraction of sp³-hybridized carbons (Fsp3) is 0.714. The SMILES string of the molecule is CCc1nc(N)cc(OC2CCC(C)(C)CC2)n1. The van der Waals surface area contributed by atoms with Crippen LogP contribution in [-0.4, -0.2) is 16.1 Å². The Labute approximate surface area is 109 Å². The van der Waals surface area contributed by atoms with Crippen LogP contribution in [0, 0.1) is 5.41 Å². The number of aryl methyl sites for hydroxylation is 1. The summed E-state index contributed by atoms with van der Waals surface area (Å²) in [6.45, 7) is 6.66. The number of aromatic nitrogens is 2. The van der Waals surface area contributed by atoms with E-state index >= 15 is 0 Å². The van der Waals surface area contributed by atoms with E-state index in [-0.39, 0.29) is 6.10 Å². The van der Waals surface area contributed by atoms with Gasteiger partial charge in [-0.3, -0.25) is 0 Å². The third kappa shape index (κ3) is 3.34. The average Bonchev–Trinajstić information content (AvgIpc) is 2.31. The molecule has 0 amide bonds. The van der Waals surface area contributed by atoms with Crippen molar-refractivity contribution in [2.75, 3.05) is 5.73 Å². The smallest absolute Gasteiger partial charge is 0.218 e. The molecule has 0 radical (unpaired) electrons. The van der Waals surface area contributed by atoms with Crippen molar-refractivity contribution in [1.82, 2.24) is 9.97 Å². The van der Waals surface area contributed by atoms with Crippen LogP contribution in [0.25, 0.3) is 0 Å². The molecule has 0 spiro atoms. The first kappa shape index (κ1) is 13.1. The normalized spacial score (nSPS) is 19.7. The molecule has 1 aliphatic carbocycles. The van der Waals surface area contributed by atoms with Crippen molar-refractivity contribution < 1.29 is 4.74 Å². The first-order valence-corrected chi connectivity index (χ1v) is 6.78. The van der Waals surface area contributed by atoms with Crippen molar-refractivity contribution in [1.29, 1.82) is 0 Å². The molecule has 0 unspecified atom stereocenters. The predicted octanol–water partition coefficient (Wildman–Crippen LogP) is 2.97. The molecule has 0 aromatic carbocycles. The van der Waals surface area contributed by atoms with E-state index in [9.17, 15) is 0 Å². The van der Waals surface area contributed by atoms with Crippen LogP contribution < -0.4 is 10.5 Å². The van der Waals surface area contributed by atoms with Crippen LogP contribution in [0.3, 0.4) is 0 Å². The fourth-order valence-electron chi connectivity index (χ4n) is 2.37. The van der Waals surface area contributed by atoms with Gasteiger partial charge in [-0.25, -0.2) is 4.98 Å². The zero-order chi connectivity index (χ0) is 13.2. The second kappa shape index (κ2) is 5.12. The third-order valence-corrected chi connectivity index (χ3v) is 3.66. The van der Waals surface area contributed by atoms with Crippen LogP contribution in [0.1, 0.15) is 52.3 Å². The summed E-state index contributed by atoms with van der Waals surface area (Å²) in [5, 5.41) is 0. The first-order chi connectivity index (χ1) is 8.48. The summed E-state index contributed by atoms with van der Waals surface area (Å²) in [6, 6.07) is 1.72. The minimum absolute atomic E-state index is 0.275. The van der Waals surface area contributed by atoms with Gasteiger partial charge in [-0.2, -0.15) is 4.98 Å². The summed E-state index contributed by atoms with van der Waals surface area (Å²) in [4.78, 5) is 8.52. The lowest BCUT2D eigenvalue weighted by molar-refractivity contribution is 0.0946. The van der Waals surface area contributed by atoms with E-state index in [1.165, 1.54) is 12.8 Å². The zero-order valence-electron chi connectivity index (χ0n) is 11.6. The maximum atomic E-state index is 5.94. The molecule has 1 saturated carbocycles. The summed E-state index contributed by atoms with van der Waals surface area (Å²) in [5.74, 6) is 1.87. The quantitative estimate of drug-likeness (QED) is 0.894. The number of hydrogen-bond acceptors (Lipinski definition) is 4. The molecule has 4 heteroatoms. The molecule has 1 fully saturated rings. The van der Waals surface area contributed by atoms with E-state index in [2.05, 4.69) is 23.8 Å². The van der Waals surface area contributed by atoms with Gasteiger partial charge >= 0.3 is 0 Å². The van der Waals surface area contributed by atoms with E-state index in [0.29, 0.717) is 17.1 Å². The molecule has 4 nitrogen and oxygen atoms in total. The molecule has 18 heavy (non-hydrogen) atoms. The minimum Gasteiger partial charge on any atom is -0.474 e. The van der Waals surface area contributed by atoms with Gasteiger partial charge < -0.3 is 10.5 Å². The number of rotatable bonds is 3. The van der Waals surface area contributed by atoms with Crippen molar-refractivity contribution in [3.05, 3.63) is 11.9 Å². The van der Waals surface area contributed by atoms with Crippen molar-refractivity contribution >= 4 is 5.82 Å². The molecule has 1 aromatic rings. The number of nitrogens with two attached hydrogens (primary N) is 1. The molecule has 0 atom stereocenters. The van der Waals surface area contributed by atoms with Crippen LogP contribution in [0.15, 0.2) is 6.07 Å². The van der Waals surface area contributed by atoms with Gasteiger partial charge in [0, 0.05) is 12.5 Å². The Morgan fingerprint density at radius 3 is 2.61 bits per heavy atom. The van der Waals surface area contributed by atoms with Gasteiger partial charge in [0.2, 0.25) is 5.88 Å². The first-order valence-electron chi connectivity index (χ1n) is 6.78. The summed E-state index contributed by atoms with van der Waals surface area (Å²) in [6.07, 6.45) is 5.66. The summed E-state index contributed by atoms with van der Waals surface area (Å²) in [7, 11) is 0. The molecule has 2 N–H and O–H groups in total. The largest absolute Gasteiger partial charge is 0.474 e. The van der Waals surface area contributed by atoms with Crippen LogP contribution in [0.4, 0.5) is 5.82 Å².